The molecule has 0 aromatic carbocycles. The van der Waals surface area contributed by atoms with Crippen molar-refractivity contribution in [2.75, 3.05) is 6.61 Å². The Balaban J connectivity index is 2.67. The van der Waals surface area contributed by atoms with E-state index >= 15 is 0 Å². The van der Waals surface area contributed by atoms with Crippen molar-refractivity contribution in [3.05, 3.63) is 23.8 Å². The Morgan fingerprint density at radius 3 is 1.79 bits per heavy atom. The van der Waals surface area contributed by atoms with Crippen molar-refractivity contribution < 1.29 is 50.0 Å². The van der Waals surface area contributed by atoms with Gasteiger partial charge in [-0.1, -0.05) is 153 Å². The van der Waals surface area contributed by atoms with Crippen LogP contribution in [0, 0.1) is 0 Å². The van der Waals surface area contributed by atoms with Gasteiger partial charge in [-0.2, -0.15) is 0 Å². The number of aliphatic hydroxyl groups excluding tert-OH is 7. The van der Waals surface area contributed by atoms with E-state index < -0.39 is 67.8 Å². The number of ether oxygens (including phenoxy) is 2. The molecule has 1 aliphatic rings. The average Bonchev–Trinajstić information content (AvgIpc) is 3.13. The maximum atomic E-state index is 13.0. The Kier molecular flexibility index (Phi) is 28.9. The van der Waals surface area contributed by atoms with Crippen LogP contribution in [0.5, 0.6) is 0 Å². The summed E-state index contributed by atoms with van der Waals surface area (Å²) in [5, 5.41) is 75.3. The third kappa shape index (κ3) is 21.5. The fraction of sp³-hybridized carbons (Fsp3) is 0.878. The van der Waals surface area contributed by atoms with Gasteiger partial charge in [0.05, 0.1) is 12.7 Å². The zero-order valence-electron chi connectivity index (χ0n) is 32.8. The van der Waals surface area contributed by atoms with Gasteiger partial charge in [0.15, 0.2) is 12.6 Å². The second-order valence-electron chi connectivity index (χ2n) is 14.9. The largest absolute Gasteiger partial charge is 0.394 e. The Hall–Kier alpha value is -1.41. The van der Waals surface area contributed by atoms with Gasteiger partial charge in [0.25, 0.3) is 0 Å². The molecule has 1 unspecified atom stereocenters. The third-order valence-electron chi connectivity index (χ3n) is 10.1. The molecule has 0 aromatic heterocycles. The van der Waals surface area contributed by atoms with Crippen LogP contribution >= 0.6 is 0 Å². The van der Waals surface area contributed by atoms with Crippen LogP contribution in [0.1, 0.15) is 168 Å². The second-order valence-corrected chi connectivity index (χ2v) is 14.9. The van der Waals surface area contributed by atoms with E-state index in [1.54, 1.807) is 6.08 Å². The number of hydrogen-bond donors (Lipinski definition) is 8. The van der Waals surface area contributed by atoms with Crippen molar-refractivity contribution in [3.63, 3.8) is 0 Å². The highest BCUT2D eigenvalue weighted by Gasteiger charge is 2.46. The summed E-state index contributed by atoms with van der Waals surface area (Å²) in [5.41, 5.74) is 1.32. The quantitative estimate of drug-likeness (QED) is 0.0236. The summed E-state index contributed by atoms with van der Waals surface area (Å²) >= 11 is 0. The fourth-order valence-electron chi connectivity index (χ4n) is 6.54. The zero-order valence-corrected chi connectivity index (χ0v) is 32.8. The summed E-state index contributed by atoms with van der Waals surface area (Å²) < 4.78 is 10.8. The molecule has 8 N–H and O–H groups in total. The molecule has 1 heterocycles. The molecule has 0 spiro atoms. The molecule has 0 bridgehead atoms. The zero-order chi connectivity index (χ0) is 38.6. The van der Waals surface area contributed by atoms with E-state index in [0.29, 0.717) is 12.8 Å². The van der Waals surface area contributed by atoms with Gasteiger partial charge >= 0.3 is 0 Å². The van der Waals surface area contributed by atoms with Gasteiger partial charge in [-0.3, -0.25) is 4.79 Å². The lowest BCUT2D eigenvalue weighted by molar-refractivity contribution is -0.336. The molecule has 0 aromatic rings. The first-order valence-electron chi connectivity index (χ1n) is 20.7. The normalized spacial score (nSPS) is 23.5. The minimum absolute atomic E-state index is 0.218. The van der Waals surface area contributed by atoms with Crippen LogP contribution in [0.2, 0.25) is 0 Å². The number of nitrogens with one attached hydrogen (secondary N) is 1. The number of aliphatic hydroxyl groups is 7. The van der Waals surface area contributed by atoms with Crippen molar-refractivity contribution in [2.45, 2.75) is 224 Å². The van der Waals surface area contributed by atoms with Crippen molar-refractivity contribution >= 4 is 5.91 Å². The van der Waals surface area contributed by atoms with Crippen LogP contribution in [0.15, 0.2) is 23.8 Å². The molecule has 52 heavy (non-hydrogen) atoms. The summed E-state index contributed by atoms with van der Waals surface area (Å²) in [4.78, 5) is 13.0. The smallest absolute Gasteiger partial charge is 0.249 e. The Labute approximate surface area is 314 Å². The molecule has 0 radical (unpaired) electrons. The number of amides is 1. The van der Waals surface area contributed by atoms with Gasteiger partial charge in [-0.25, -0.2) is 0 Å². The van der Waals surface area contributed by atoms with Crippen LogP contribution in [0.4, 0.5) is 0 Å². The van der Waals surface area contributed by atoms with Crippen LogP contribution in [0.3, 0.4) is 0 Å². The van der Waals surface area contributed by atoms with E-state index in [9.17, 15) is 40.5 Å². The third-order valence-corrected chi connectivity index (χ3v) is 10.1. The molecule has 1 aliphatic heterocycles. The molecule has 1 amide bonds. The predicted molar refractivity (Wildman–Crippen MR) is 205 cm³/mol. The van der Waals surface area contributed by atoms with Crippen LogP contribution in [-0.2, 0) is 14.3 Å². The fourth-order valence-corrected chi connectivity index (χ4v) is 6.54. The number of carbonyl (C=O) groups excluding carboxylic acids is 1. The lowest BCUT2D eigenvalue weighted by Crippen LogP contribution is -2.61. The van der Waals surface area contributed by atoms with Gasteiger partial charge < -0.3 is 50.5 Å². The predicted octanol–water partition coefficient (Wildman–Crippen LogP) is 5.84. The number of rotatable bonds is 32. The number of hydrogen-bond acceptors (Lipinski definition) is 10. The van der Waals surface area contributed by atoms with Crippen molar-refractivity contribution in [2.24, 2.45) is 0 Å². The van der Waals surface area contributed by atoms with E-state index in [4.69, 9.17) is 9.47 Å². The van der Waals surface area contributed by atoms with E-state index in [0.717, 1.165) is 32.1 Å². The second kappa shape index (κ2) is 30.9. The van der Waals surface area contributed by atoms with E-state index in [-0.39, 0.29) is 6.42 Å². The van der Waals surface area contributed by atoms with Crippen LogP contribution in [-0.4, -0.2) is 104 Å². The van der Waals surface area contributed by atoms with E-state index in [1.165, 1.54) is 108 Å². The van der Waals surface area contributed by atoms with Crippen LogP contribution < -0.4 is 5.32 Å². The minimum Gasteiger partial charge on any atom is -0.394 e. The monoisotopic (exact) mass is 744 g/mol. The number of unbranched alkanes of at least 4 members (excludes halogenated alkanes) is 18. The first kappa shape index (κ1) is 48.6. The highest BCUT2D eigenvalue weighted by molar-refractivity contribution is 5.80. The van der Waals surface area contributed by atoms with Gasteiger partial charge in [-0.05, 0) is 39.0 Å². The van der Waals surface area contributed by atoms with E-state index in [2.05, 4.69) is 32.2 Å². The number of carbonyl (C=O) groups is 1. The standard InChI is InChI=1S/C41H77NO10/c1-4-6-8-10-12-13-14-15-16-18-20-24-29-33(45)39(49)42-35(40(50)52-41-38(48)37(47)36(46)34(30-43)51-41)32(44)28-25-21-23-27-31(3)26-22-19-17-11-9-7-5-2/h25,27-28,32-38,40-41,43-48,50H,4-24,26,29-30H2,1-3H3,(H,42,49)/b28-25+,31-27+/t32-,33-,34-,35+,36-,37+,38-,40?,41+/m1/s1. The Morgan fingerprint density at radius 2 is 1.25 bits per heavy atom. The number of allylic oxidation sites excluding steroid dienone is 3. The summed E-state index contributed by atoms with van der Waals surface area (Å²) in [7, 11) is 0. The molecule has 1 rings (SSSR count). The van der Waals surface area contributed by atoms with Crippen molar-refractivity contribution in [1.29, 1.82) is 0 Å². The lowest BCUT2D eigenvalue weighted by atomic mass is 9.99. The molecule has 9 atom stereocenters. The molecular weight excluding hydrogens is 666 g/mol. The maximum Gasteiger partial charge on any atom is 0.249 e. The highest BCUT2D eigenvalue weighted by atomic mass is 16.7. The van der Waals surface area contributed by atoms with Crippen molar-refractivity contribution in [3.8, 4) is 0 Å². The van der Waals surface area contributed by atoms with Gasteiger partial charge in [0, 0.05) is 0 Å². The first-order valence-corrected chi connectivity index (χ1v) is 20.7. The first-order chi connectivity index (χ1) is 25.1. The molecule has 0 aliphatic carbocycles. The average molecular weight is 744 g/mol. The Bertz CT molecular complexity index is 931. The van der Waals surface area contributed by atoms with Crippen LogP contribution in [0.25, 0.3) is 0 Å². The molecular formula is C41H77NO10. The van der Waals surface area contributed by atoms with Crippen molar-refractivity contribution in [1.82, 2.24) is 5.32 Å². The minimum atomic E-state index is -1.95. The van der Waals surface area contributed by atoms with Gasteiger partial charge in [0.2, 0.25) is 5.91 Å². The molecule has 306 valence electrons. The van der Waals surface area contributed by atoms with E-state index in [1.807, 2.05) is 0 Å². The maximum absolute atomic E-state index is 13.0. The van der Waals surface area contributed by atoms with Gasteiger partial charge in [-0.15, -0.1) is 0 Å². The highest BCUT2D eigenvalue weighted by Crippen LogP contribution is 2.24. The molecule has 1 fully saturated rings. The topological polar surface area (TPSA) is 189 Å². The van der Waals surface area contributed by atoms with Gasteiger partial charge in [0.1, 0.15) is 36.6 Å². The summed E-state index contributed by atoms with van der Waals surface area (Å²) in [6, 6.07) is -1.47. The molecule has 11 nitrogen and oxygen atoms in total. The SMILES string of the molecule is CCCCCCCCCCCCCC[C@@H](O)C(=O)N[C@H](C(O)O[C@@H]1O[C@H](CO)[C@@H](O)[C@H](O)[C@H]1O)[C@H](O)/C=C/CC/C=C(\C)CCCCCCCCC. The molecule has 1 saturated heterocycles. The summed E-state index contributed by atoms with van der Waals surface area (Å²) in [6.07, 6.45) is 17.8. The molecule has 0 saturated carbocycles. The lowest BCUT2D eigenvalue weighted by Gasteiger charge is -2.41. The summed E-state index contributed by atoms with van der Waals surface area (Å²) in [6.45, 7) is 5.88. The summed E-state index contributed by atoms with van der Waals surface area (Å²) in [5.74, 6) is -0.791. The molecule has 11 heteroatoms. The Morgan fingerprint density at radius 1 is 0.731 bits per heavy atom.